The number of aromatic nitrogens is 2. The maximum Gasteiger partial charge on any atom is 0.416 e. The zero-order chi connectivity index (χ0) is 24.7. The molecule has 3 aromatic rings. The van der Waals surface area contributed by atoms with Crippen LogP contribution in [0, 0.1) is 6.92 Å². The highest BCUT2D eigenvalue weighted by Crippen LogP contribution is 2.30. The van der Waals surface area contributed by atoms with Crippen LogP contribution in [0.25, 0.3) is 0 Å². The van der Waals surface area contributed by atoms with Gasteiger partial charge in [0.2, 0.25) is 5.91 Å². The van der Waals surface area contributed by atoms with Crippen LogP contribution >= 0.6 is 23.4 Å². The molecule has 0 bridgehead atoms. The fraction of sp³-hybridized carbons (Fsp3) is 0.217. The Morgan fingerprint density at radius 2 is 1.85 bits per heavy atom. The highest BCUT2D eigenvalue weighted by Gasteiger charge is 2.30. The van der Waals surface area contributed by atoms with Gasteiger partial charge in [-0.15, -0.1) is 0 Å². The molecular weight excluding hydrogens is 489 g/mol. The largest absolute Gasteiger partial charge is 0.416 e. The average molecular weight is 509 g/mol. The molecule has 11 heteroatoms. The summed E-state index contributed by atoms with van der Waals surface area (Å²) >= 11 is 7.41. The first kappa shape index (κ1) is 25.5. The first-order valence-corrected chi connectivity index (χ1v) is 11.4. The second-order valence-corrected chi connectivity index (χ2v) is 8.61. The van der Waals surface area contributed by atoms with Gasteiger partial charge in [0, 0.05) is 24.4 Å². The first-order valence-electron chi connectivity index (χ1n) is 10.1. The van der Waals surface area contributed by atoms with E-state index in [9.17, 15) is 22.8 Å². The van der Waals surface area contributed by atoms with Gasteiger partial charge in [0.1, 0.15) is 0 Å². The molecule has 2 N–H and O–H groups in total. The van der Waals surface area contributed by atoms with Crippen molar-refractivity contribution >= 4 is 40.9 Å². The van der Waals surface area contributed by atoms with Crippen LogP contribution in [0.4, 0.5) is 18.9 Å². The molecular formula is C23H20ClF3N4O2S. The van der Waals surface area contributed by atoms with E-state index in [4.69, 9.17) is 11.6 Å². The second kappa shape index (κ2) is 11.3. The minimum atomic E-state index is -4.51. The normalized spacial score (nSPS) is 11.2. The van der Waals surface area contributed by atoms with Gasteiger partial charge < -0.3 is 10.6 Å². The monoisotopic (exact) mass is 508 g/mol. The number of halogens is 4. The second-order valence-electron chi connectivity index (χ2n) is 7.26. The molecule has 0 aliphatic rings. The number of carbonyl (C=O) groups is 2. The van der Waals surface area contributed by atoms with Gasteiger partial charge in [-0.25, -0.2) is 9.97 Å². The number of rotatable bonds is 8. The molecule has 0 saturated carbocycles. The number of nitrogens with one attached hydrogen (secondary N) is 2. The third kappa shape index (κ3) is 7.46. The quantitative estimate of drug-likeness (QED) is 0.310. The van der Waals surface area contributed by atoms with Crippen molar-refractivity contribution in [3.05, 3.63) is 82.1 Å². The van der Waals surface area contributed by atoms with E-state index in [0.717, 1.165) is 23.3 Å². The summed E-state index contributed by atoms with van der Waals surface area (Å²) in [4.78, 5) is 32.9. The fourth-order valence-electron chi connectivity index (χ4n) is 2.78. The van der Waals surface area contributed by atoms with E-state index in [2.05, 4.69) is 20.6 Å². The topological polar surface area (TPSA) is 84.0 Å². The molecule has 1 heterocycles. The highest BCUT2D eigenvalue weighted by molar-refractivity contribution is 7.98. The number of nitrogens with zero attached hydrogens (tertiary/aromatic N) is 2. The maximum atomic E-state index is 12.8. The standard InChI is InChI=1S/C23H20ClF3N4O2S/c1-14-5-7-15(8-6-14)13-34-22-29-12-18(24)20(31-22)21(33)28-10-9-19(32)30-17-4-2-3-16(11-17)23(25,26)27/h2-8,11-12H,9-10,13H2,1H3,(H,28,33)(H,30,32). The Labute approximate surface area is 203 Å². The number of hydrogen-bond donors (Lipinski definition) is 2. The van der Waals surface area contributed by atoms with E-state index in [-0.39, 0.29) is 29.4 Å². The van der Waals surface area contributed by atoms with Crippen molar-refractivity contribution in [3.63, 3.8) is 0 Å². The van der Waals surface area contributed by atoms with Crippen molar-refractivity contribution in [3.8, 4) is 0 Å². The smallest absolute Gasteiger partial charge is 0.350 e. The van der Waals surface area contributed by atoms with Crippen LogP contribution in [0.5, 0.6) is 0 Å². The van der Waals surface area contributed by atoms with Crippen molar-refractivity contribution in [1.29, 1.82) is 0 Å². The van der Waals surface area contributed by atoms with Crippen molar-refractivity contribution in [1.82, 2.24) is 15.3 Å². The first-order chi connectivity index (χ1) is 16.1. The lowest BCUT2D eigenvalue weighted by Crippen LogP contribution is -2.28. The number of anilines is 1. The lowest BCUT2D eigenvalue weighted by molar-refractivity contribution is -0.137. The summed E-state index contributed by atoms with van der Waals surface area (Å²) in [5, 5.41) is 5.35. The Morgan fingerprint density at radius 1 is 1.12 bits per heavy atom. The summed E-state index contributed by atoms with van der Waals surface area (Å²) in [6, 6.07) is 12.3. The molecule has 3 rings (SSSR count). The summed E-state index contributed by atoms with van der Waals surface area (Å²) < 4.78 is 38.4. The fourth-order valence-corrected chi connectivity index (χ4v) is 3.73. The Morgan fingerprint density at radius 3 is 2.56 bits per heavy atom. The van der Waals surface area contributed by atoms with E-state index in [1.54, 1.807) is 0 Å². The number of thioether (sulfide) groups is 1. The summed E-state index contributed by atoms with van der Waals surface area (Å²) in [6.45, 7) is 1.94. The van der Waals surface area contributed by atoms with Crippen molar-refractivity contribution in [2.24, 2.45) is 0 Å². The van der Waals surface area contributed by atoms with Gasteiger partial charge in [0.15, 0.2) is 10.9 Å². The highest BCUT2D eigenvalue weighted by atomic mass is 35.5. The third-order valence-electron chi connectivity index (χ3n) is 4.54. The van der Waals surface area contributed by atoms with Crippen molar-refractivity contribution < 1.29 is 22.8 Å². The van der Waals surface area contributed by atoms with Gasteiger partial charge >= 0.3 is 6.18 Å². The van der Waals surface area contributed by atoms with Crippen LogP contribution in [-0.4, -0.2) is 28.3 Å². The summed E-state index contributed by atoms with van der Waals surface area (Å²) in [7, 11) is 0. The number of alkyl halides is 3. The van der Waals surface area contributed by atoms with Crippen LogP contribution in [0.15, 0.2) is 59.9 Å². The predicted molar refractivity (Wildman–Crippen MR) is 125 cm³/mol. The number of benzene rings is 2. The number of aryl methyl sites for hydroxylation is 1. The molecule has 2 aromatic carbocycles. The van der Waals surface area contributed by atoms with Crippen LogP contribution < -0.4 is 10.6 Å². The van der Waals surface area contributed by atoms with E-state index >= 15 is 0 Å². The zero-order valence-corrected chi connectivity index (χ0v) is 19.5. The van der Waals surface area contributed by atoms with Gasteiger partial charge in [0.25, 0.3) is 5.91 Å². The van der Waals surface area contributed by atoms with E-state index in [1.807, 2.05) is 31.2 Å². The molecule has 2 amide bonds. The molecule has 0 atom stereocenters. The Balaban J connectivity index is 1.51. The molecule has 0 unspecified atom stereocenters. The summed E-state index contributed by atoms with van der Waals surface area (Å²) in [5.74, 6) is -0.530. The predicted octanol–water partition coefficient (Wildman–Crippen LogP) is 5.51. The van der Waals surface area contributed by atoms with Crippen LogP contribution in [-0.2, 0) is 16.7 Å². The Kier molecular flexibility index (Phi) is 8.51. The lowest BCUT2D eigenvalue weighted by atomic mass is 10.2. The molecule has 34 heavy (non-hydrogen) atoms. The van der Waals surface area contributed by atoms with E-state index < -0.39 is 23.6 Å². The lowest BCUT2D eigenvalue weighted by Gasteiger charge is -2.10. The van der Waals surface area contributed by atoms with Crippen molar-refractivity contribution in [2.75, 3.05) is 11.9 Å². The number of carbonyl (C=O) groups excluding carboxylic acids is 2. The summed E-state index contributed by atoms with van der Waals surface area (Å²) in [5.41, 5.74) is 1.35. The molecule has 0 saturated heterocycles. The van der Waals surface area contributed by atoms with Crippen LogP contribution in [0.2, 0.25) is 5.02 Å². The van der Waals surface area contributed by atoms with Gasteiger partial charge in [-0.3, -0.25) is 9.59 Å². The zero-order valence-electron chi connectivity index (χ0n) is 17.9. The van der Waals surface area contributed by atoms with Gasteiger partial charge in [-0.1, -0.05) is 59.3 Å². The SMILES string of the molecule is Cc1ccc(CSc2ncc(Cl)c(C(=O)NCCC(=O)Nc3cccc(C(F)(F)F)c3)n2)cc1. The minimum Gasteiger partial charge on any atom is -0.350 e. The van der Waals surface area contributed by atoms with Crippen molar-refractivity contribution in [2.45, 2.75) is 30.4 Å². The van der Waals surface area contributed by atoms with Gasteiger partial charge in [-0.05, 0) is 30.7 Å². The van der Waals surface area contributed by atoms with Gasteiger partial charge in [0.05, 0.1) is 16.8 Å². The Hall–Kier alpha value is -3.11. The van der Waals surface area contributed by atoms with E-state index in [1.165, 1.54) is 30.1 Å². The molecule has 6 nitrogen and oxygen atoms in total. The number of hydrogen-bond acceptors (Lipinski definition) is 5. The summed E-state index contributed by atoms with van der Waals surface area (Å²) in [6.07, 6.45) is -3.33. The van der Waals surface area contributed by atoms with Crippen LogP contribution in [0.3, 0.4) is 0 Å². The van der Waals surface area contributed by atoms with E-state index in [0.29, 0.717) is 10.9 Å². The average Bonchev–Trinajstić information content (AvgIpc) is 2.79. The maximum absolute atomic E-state index is 12.8. The van der Waals surface area contributed by atoms with Gasteiger partial charge in [-0.2, -0.15) is 13.2 Å². The molecule has 0 fully saturated rings. The molecule has 0 spiro atoms. The number of amides is 2. The molecule has 0 aliphatic carbocycles. The molecule has 178 valence electrons. The minimum absolute atomic E-state index is 0.0141. The molecule has 0 radical (unpaired) electrons. The van der Waals surface area contributed by atoms with Crippen LogP contribution in [0.1, 0.15) is 33.6 Å². The molecule has 0 aliphatic heterocycles. The Bertz CT molecular complexity index is 1170. The third-order valence-corrected chi connectivity index (χ3v) is 5.75. The molecule has 1 aromatic heterocycles.